The Morgan fingerprint density at radius 3 is 2.85 bits per heavy atom. The molecule has 0 radical (unpaired) electrons. The second-order valence-electron chi connectivity index (χ2n) is 7.22. The summed E-state index contributed by atoms with van der Waals surface area (Å²) in [4.78, 5) is 29.1. The number of carbonyl (C=O) groups excluding carboxylic acids is 1. The number of nitrogens with zero attached hydrogens (tertiary/aromatic N) is 6. The average Bonchev–Trinajstić information content (AvgIpc) is 3.32. The second-order valence-corrected chi connectivity index (χ2v) is 7.22. The fourth-order valence-corrected chi connectivity index (χ4v) is 3.82. The summed E-state index contributed by atoms with van der Waals surface area (Å²) in [5.74, 6) is 0.977. The van der Waals surface area contributed by atoms with Gasteiger partial charge in [-0.15, -0.1) is 0 Å². The summed E-state index contributed by atoms with van der Waals surface area (Å²) in [6, 6.07) is 3.74. The molecule has 3 aromatic heterocycles. The van der Waals surface area contributed by atoms with Crippen molar-refractivity contribution in [1.29, 1.82) is 0 Å². The highest BCUT2D eigenvalue weighted by Gasteiger charge is 2.48. The van der Waals surface area contributed by atoms with Gasteiger partial charge in [-0.05, 0) is 25.0 Å². The van der Waals surface area contributed by atoms with E-state index >= 15 is 0 Å². The Kier molecular flexibility index (Phi) is 3.37. The summed E-state index contributed by atoms with van der Waals surface area (Å²) in [6.45, 7) is 3.12. The van der Waals surface area contributed by atoms with Crippen molar-refractivity contribution < 1.29 is 4.79 Å². The predicted molar refractivity (Wildman–Crippen MR) is 95.7 cm³/mol. The molecule has 1 aliphatic heterocycles. The van der Waals surface area contributed by atoms with Crippen LogP contribution in [0.2, 0.25) is 0 Å². The zero-order valence-electron chi connectivity index (χ0n) is 14.3. The number of nitrogens with one attached hydrogen (secondary N) is 1. The first-order valence-corrected chi connectivity index (χ1v) is 8.83. The number of carbonyl (C=O) groups is 1. The third-order valence-electron chi connectivity index (χ3n) is 5.40. The lowest BCUT2D eigenvalue weighted by Gasteiger charge is -2.25. The maximum atomic E-state index is 12.9. The van der Waals surface area contributed by atoms with Crippen LogP contribution in [0.4, 0.5) is 5.82 Å². The number of rotatable bonds is 2. The van der Waals surface area contributed by atoms with Gasteiger partial charge in [0, 0.05) is 37.8 Å². The lowest BCUT2D eigenvalue weighted by Crippen LogP contribution is -2.36. The van der Waals surface area contributed by atoms with Gasteiger partial charge in [0.1, 0.15) is 17.8 Å². The fraction of sp³-hybridized carbons (Fsp3) is 0.389. The summed E-state index contributed by atoms with van der Waals surface area (Å²) in [5.41, 5.74) is 1.61. The van der Waals surface area contributed by atoms with Crippen LogP contribution in [-0.2, 0) is 0 Å². The van der Waals surface area contributed by atoms with Gasteiger partial charge in [0.05, 0.1) is 23.3 Å². The van der Waals surface area contributed by atoms with Gasteiger partial charge in [0.2, 0.25) is 0 Å². The molecule has 1 saturated heterocycles. The van der Waals surface area contributed by atoms with Crippen molar-refractivity contribution in [2.24, 2.45) is 5.41 Å². The molecule has 8 nitrogen and oxygen atoms in total. The Morgan fingerprint density at radius 2 is 2.04 bits per heavy atom. The molecular weight excluding hydrogens is 330 g/mol. The number of amides is 1. The lowest BCUT2D eigenvalue weighted by atomic mass is 10.1. The maximum Gasteiger partial charge on any atom is 0.255 e. The molecule has 1 spiro atoms. The molecule has 1 saturated carbocycles. The van der Waals surface area contributed by atoms with Gasteiger partial charge in [-0.25, -0.2) is 9.97 Å². The van der Waals surface area contributed by atoms with Gasteiger partial charge in [-0.1, -0.05) is 0 Å². The standard InChI is InChI=1S/C18H19N7O/c26-17(13-1-6-22-23-9-13)25-8-7-24(10-18(11-25)3-4-18)16-14-2-5-19-15(14)20-12-21-16/h1-2,5-6,9,12H,3-4,7-8,10-11H2,(H,19,20,21). The van der Waals surface area contributed by atoms with Crippen LogP contribution in [0, 0.1) is 5.41 Å². The van der Waals surface area contributed by atoms with Crippen molar-refractivity contribution in [1.82, 2.24) is 30.0 Å². The van der Waals surface area contributed by atoms with Gasteiger partial charge in [0.15, 0.2) is 0 Å². The molecule has 0 bridgehead atoms. The fourth-order valence-electron chi connectivity index (χ4n) is 3.82. The quantitative estimate of drug-likeness (QED) is 0.754. The van der Waals surface area contributed by atoms with Crippen molar-refractivity contribution in [3.8, 4) is 0 Å². The minimum absolute atomic E-state index is 0.0301. The van der Waals surface area contributed by atoms with Crippen LogP contribution in [0.5, 0.6) is 0 Å². The van der Waals surface area contributed by atoms with Gasteiger partial charge < -0.3 is 14.8 Å². The third-order valence-corrected chi connectivity index (χ3v) is 5.40. The number of anilines is 1. The van der Waals surface area contributed by atoms with Gasteiger partial charge in [-0.2, -0.15) is 10.2 Å². The van der Waals surface area contributed by atoms with Crippen LogP contribution >= 0.6 is 0 Å². The molecule has 2 aliphatic rings. The molecule has 0 aromatic carbocycles. The molecule has 2 fully saturated rings. The van der Waals surface area contributed by atoms with E-state index in [1.54, 1.807) is 24.8 Å². The molecule has 3 aromatic rings. The summed E-state index contributed by atoms with van der Waals surface area (Å²) in [5, 5.41) is 8.63. The Balaban J connectivity index is 1.44. The van der Waals surface area contributed by atoms with Gasteiger partial charge in [-0.3, -0.25) is 4.79 Å². The van der Waals surface area contributed by atoms with E-state index in [-0.39, 0.29) is 11.3 Å². The first-order chi connectivity index (χ1) is 12.7. The number of aromatic nitrogens is 5. The lowest BCUT2D eigenvalue weighted by molar-refractivity contribution is 0.0740. The number of aromatic amines is 1. The van der Waals surface area contributed by atoms with Crippen molar-refractivity contribution in [2.45, 2.75) is 12.8 Å². The van der Waals surface area contributed by atoms with Crippen LogP contribution in [0.3, 0.4) is 0 Å². The average molecular weight is 349 g/mol. The van der Waals surface area contributed by atoms with E-state index < -0.39 is 0 Å². The Hall–Kier alpha value is -3.03. The summed E-state index contributed by atoms with van der Waals surface area (Å²) >= 11 is 0. The number of hydrogen-bond acceptors (Lipinski definition) is 6. The third kappa shape index (κ3) is 2.58. The smallest absolute Gasteiger partial charge is 0.255 e. The van der Waals surface area contributed by atoms with E-state index in [2.05, 4.69) is 30.0 Å². The zero-order chi connectivity index (χ0) is 17.6. The van der Waals surface area contributed by atoms with Crippen LogP contribution in [0.1, 0.15) is 23.2 Å². The number of H-pyrrole nitrogens is 1. The predicted octanol–water partition coefficient (Wildman–Crippen LogP) is 1.49. The van der Waals surface area contributed by atoms with E-state index in [9.17, 15) is 4.79 Å². The van der Waals surface area contributed by atoms with Crippen molar-refractivity contribution >= 4 is 22.8 Å². The van der Waals surface area contributed by atoms with Crippen LogP contribution in [-0.4, -0.2) is 62.1 Å². The van der Waals surface area contributed by atoms with Crippen LogP contribution in [0.25, 0.3) is 11.0 Å². The number of fused-ring (bicyclic) bond motifs is 1. The molecule has 1 N–H and O–H groups in total. The number of hydrogen-bond donors (Lipinski definition) is 1. The Morgan fingerprint density at radius 1 is 1.12 bits per heavy atom. The van der Waals surface area contributed by atoms with Crippen LogP contribution < -0.4 is 4.90 Å². The highest BCUT2D eigenvalue weighted by Crippen LogP contribution is 2.48. The zero-order valence-corrected chi connectivity index (χ0v) is 14.3. The molecule has 0 atom stereocenters. The molecule has 0 unspecified atom stereocenters. The molecule has 26 heavy (non-hydrogen) atoms. The summed E-state index contributed by atoms with van der Waals surface area (Å²) in [6.07, 6.45) is 8.88. The second kappa shape index (κ2) is 5.76. The summed E-state index contributed by atoms with van der Waals surface area (Å²) < 4.78 is 0. The highest BCUT2D eigenvalue weighted by molar-refractivity contribution is 5.94. The van der Waals surface area contributed by atoms with E-state index in [4.69, 9.17) is 0 Å². The SMILES string of the molecule is O=C(c1ccnnc1)N1CCN(c2ncnc3[nH]ccc23)CC2(CC2)C1. The topological polar surface area (TPSA) is 90.9 Å². The largest absolute Gasteiger partial charge is 0.354 e. The van der Waals surface area contributed by atoms with E-state index in [0.717, 1.165) is 49.3 Å². The first kappa shape index (κ1) is 15.2. The normalized spacial score (nSPS) is 18.9. The van der Waals surface area contributed by atoms with Gasteiger partial charge in [0.25, 0.3) is 5.91 Å². The monoisotopic (exact) mass is 349 g/mol. The van der Waals surface area contributed by atoms with Crippen molar-refractivity contribution in [3.63, 3.8) is 0 Å². The molecule has 132 valence electrons. The van der Waals surface area contributed by atoms with Crippen LogP contribution in [0.15, 0.2) is 37.1 Å². The molecule has 4 heterocycles. The molecule has 5 rings (SSSR count). The molecule has 8 heteroatoms. The summed E-state index contributed by atoms with van der Waals surface area (Å²) in [7, 11) is 0. The molecule has 1 aliphatic carbocycles. The molecule has 1 amide bonds. The Bertz CT molecular complexity index is 950. The van der Waals surface area contributed by atoms with Crippen molar-refractivity contribution in [3.05, 3.63) is 42.6 Å². The van der Waals surface area contributed by atoms with E-state index in [1.807, 2.05) is 17.2 Å². The minimum Gasteiger partial charge on any atom is -0.354 e. The molecular formula is C18H19N7O. The van der Waals surface area contributed by atoms with E-state index in [0.29, 0.717) is 12.1 Å². The van der Waals surface area contributed by atoms with Crippen molar-refractivity contribution in [2.75, 3.05) is 31.1 Å². The first-order valence-electron chi connectivity index (χ1n) is 8.83. The Labute approximate surface area is 150 Å². The highest BCUT2D eigenvalue weighted by atomic mass is 16.2. The van der Waals surface area contributed by atoms with Gasteiger partial charge >= 0.3 is 0 Å². The maximum absolute atomic E-state index is 12.9. The van der Waals surface area contributed by atoms with E-state index in [1.165, 1.54) is 0 Å². The minimum atomic E-state index is 0.0301.